The summed E-state index contributed by atoms with van der Waals surface area (Å²) in [6.45, 7) is 2.70. The monoisotopic (exact) mass is 475 g/mol. The second kappa shape index (κ2) is 11.8. The Bertz CT molecular complexity index is 1070. The van der Waals surface area contributed by atoms with Gasteiger partial charge in [-0.25, -0.2) is 0 Å². The summed E-state index contributed by atoms with van der Waals surface area (Å²) in [5.41, 5.74) is 2.79. The van der Waals surface area contributed by atoms with Gasteiger partial charge in [-0.05, 0) is 48.2 Å². The Hall–Kier alpha value is -3.15. The van der Waals surface area contributed by atoms with Gasteiger partial charge in [0, 0.05) is 42.7 Å². The first-order valence-electron chi connectivity index (χ1n) is 11.7. The van der Waals surface area contributed by atoms with Gasteiger partial charge in [-0.15, -0.1) is 0 Å². The van der Waals surface area contributed by atoms with Crippen molar-refractivity contribution >= 4 is 23.4 Å². The summed E-state index contributed by atoms with van der Waals surface area (Å²) in [5, 5.41) is 6.88. The Morgan fingerprint density at radius 1 is 0.853 bits per heavy atom. The molecule has 0 aliphatic carbocycles. The number of benzene rings is 3. The number of rotatable bonds is 8. The minimum absolute atomic E-state index is 0.0980. The van der Waals surface area contributed by atoms with E-state index in [9.17, 15) is 9.59 Å². The molecule has 1 saturated heterocycles. The van der Waals surface area contributed by atoms with Crippen LogP contribution in [0.4, 0.5) is 0 Å². The molecule has 2 amide bonds. The van der Waals surface area contributed by atoms with Crippen LogP contribution in [-0.4, -0.2) is 41.9 Å². The van der Waals surface area contributed by atoms with Crippen LogP contribution >= 0.6 is 11.6 Å². The van der Waals surface area contributed by atoms with Gasteiger partial charge in [0.15, 0.2) is 0 Å². The van der Waals surface area contributed by atoms with Crippen LogP contribution in [0.5, 0.6) is 0 Å². The van der Waals surface area contributed by atoms with Gasteiger partial charge in [-0.2, -0.15) is 0 Å². The summed E-state index contributed by atoms with van der Waals surface area (Å²) in [5.74, 6) is -0.376. The molecule has 0 unspecified atom stereocenters. The van der Waals surface area contributed by atoms with Crippen LogP contribution in [0.1, 0.15) is 34.3 Å². The Kier molecular flexibility index (Phi) is 8.34. The molecule has 34 heavy (non-hydrogen) atoms. The number of nitrogens with zero attached hydrogens (tertiary/aromatic N) is 1. The van der Waals surface area contributed by atoms with Crippen molar-refractivity contribution in [1.29, 1.82) is 0 Å². The largest absolute Gasteiger partial charge is 0.351 e. The summed E-state index contributed by atoms with van der Waals surface area (Å²) in [4.78, 5) is 28.4. The molecule has 3 aromatic carbocycles. The minimum atomic E-state index is -0.637. The number of hydrogen-bond acceptors (Lipinski definition) is 3. The fraction of sp³-hybridized carbons (Fsp3) is 0.286. The van der Waals surface area contributed by atoms with Gasteiger partial charge >= 0.3 is 0 Å². The lowest BCUT2D eigenvalue weighted by Crippen LogP contribution is -2.52. The molecule has 0 saturated carbocycles. The Labute approximate surface area is 206 Å². The maximum Gasteiger partial charge on any atom is 0.251 e. The third-order valence-electron chi connectivity index (χ3n) is 6.19. The quantitative estimate of drug-likeness (QED) is 0.505. The lowest BCUT2D eigenvalue weighted by molar-refractivity contribution is -0.124. The third kappa shape index (κ3) is 6.92. The second-order valence-corrected chi connectivity index (χ2v) is 9.20. The minimum Gasteiger partial charge on any atom is -0.351 e. The standard InChI is InChI=1S/C28H30ClN3O2/c29-24-13-11-22(12-14-24)20-32-17-15-25(16-18-32)30-28(34)26(19-21-7-3-1-4-8-21)31-27(33)23-9-5-2-6-10-23/h1-14,25-26H,15-20H2,(H,30,34)(H,31,33)/t26-/m1/s1. The SMILES string of the molecule is O=C(N[C@H](Cc1ccccc1)C(=O)NC1CCN(Cc2ccc(Cl)cc2)CC1)c1ccccc1. The zero-order chi connectivity index (χ0) is 23.8. The molecule has 0 spiro atoms. The molecule has 1 aliphatic rings. The highest BCUT2D eigenvalue weighted by Gasteiger charge is 2.26. The van der Waals surface area contributed by atoms with E-state index in [1.54, 1.807) is 12.1 Å². The number of carbonyl (C=O) groups is 2. The van der Waals surface area contributed by atoms with Gasteiger partial charge < -0.3 is 10.6 Å². The van der Waals surface area contributed by atoms with Gasteiger partial charge in [0.1, 0.15) is 6.04 Å². The lowest BCUT2D eigenvalue weighted by Gasteiger charge is -2.33. The van der Waals surface area contributed by atoms with E-state index in [0.29, 0.717) is 12.0 Å². The van der Waals surface area contributed by atoms with E-state index in [4.69, 9.17) is 11.6 Å². The van der Waals surface area contributed by atoms with Crippen molar-refractivity contribution in [2.45, 2.75) is 37.9 Å². The molecule has 0 aromatic heterocycles. The van der Waals surface area contributed by atoms with Crippen molar-refractivity contribution in [3.05, 3.63) is 107 Å². The molecule has 1 atom stereocenters. The second-order valence-electron chi connectivity index (χ2n) is 8.77. The first-order valence-corrected chi connectivity index (χ1v) is 12.1. The smallest absolute Gasteiger partial charge is 0.251 e. The number of hydrogen-bond donors (Lipinski definition) is 2. The van der Waals surface area contributed by atoms with Crippen molar-refractivity contribution < 1.29 is 9.59 Å². The fourth-order valence-electron chi connectivity index (χ4n) is 4.28. The molecule has 176 valence electrons. The van der Waals surface area contributed by atoms with Crippen molar-refractivity contribution in [1.82, 2.24) is 15.5 Å². The molecule has 1 aliphatic heterocycles. The average molecular weight is 476 g/mol. The zero-order valence-electron chi connectivity index (χ0n) is 19.1. The first-order chi connectivity index (χ1) is 16.6. The van der Waals surface area contributed by atoms with E-state index in [-0.39, 0.29) is 17.9 Å². The van der Waals surface area contributed by atoms with E-state index < -0.39 is 6.04 Å². The molecule has 5 nitrogen and oxygen atoms in total. The highest BCUT2D eigenvalue weighted by atomic mass is 35.5. The lowest BCUT2D eigenvalue weighted by atomic mass is 10.0. The highest BCUT2D eigenvalue weighted by Crippen LogP contribution is 2.16. The van der Waals surface area contributed by atoms with Gasteiger partial charge in [0.05, 0.1) is 0 Å². The summed E-state index contributed by atoms with van der Waals surface area (Å²) < 4.78 is 0. The topological polar surface area (TPSA) is 61.4 Å². The average Bonchev–Trinajstić information content (AvgIpc) is 2.87. The molecule has 4 rings (SSSR count). The molecule has 6 heteroatoms. The van der Waals surface area contributed by atoms with E-state index in [1.807, 2.05) is 60.7 Å². The first kappa shape index (κ1) is 24.0. The summed E-state index contributed by atoms with van der Waals surface area (Å²) in [6.07, 6.45) is 2.20. The summed E-state index contributed by atoms with van der Waals surface area (Å²) >= 11 is 5.98. The van der Waals surface area contributed by atoms with Gasteiger partial charge in [-0.1, -0.05) is 72.3 Å². The van der Waals surface area contributed by atoms with Gasteiger partial charge in [0.25, 0.3) is 5.91 Å². The molecular formula is C28H30ClN3O2. The van der Waals surface area contributed by atoms with Gasteiger partial charge in [0.2, 0.25) is 5.91 Å². The fourth-order valence-corrected chi connectivity index (χ4v) is 4.40. The Morgan fingerprint density at radius 3 is 2.12 bits per heavy atom. The normalized spacial score (nSPS) is 15.4. The van der Waals surface area contributed by atoms with E-state index in [0.717, 1.165) is 43.1 Å². The van der Waals surface area contributed by atoms with Gasteiger partial charge in [-0.3, -0.25) is 14.5 Å². The van der Waals surface area contributed by atoms with Crippen LogP contribution in [0, 0.1) is 0 Å². The van der Waals surface area contributed by atoms with Crippen LogP contribution in [0.25, 0.3) is 0 Å². The van der Waals surface area contributed by atoms with Crippen LogP contribution in [0.3, 0.4) is 0 Å². The molecule has 1 heterocycles. The van der Waals surface area contributed by atoms with E-state index >= 15 is 0 Å². The molecule has 1 fully saturated rings. The van der Waals surface area contributed by atoms with Crippen molar-refractivity contribution in [3.63, 3.8) is 0 Å². The molecule has 0 bridgehead atoms. The number of halogens is 1. The van der Waals surface area contributed by atoms with Crippen molar-refractivity contribution in [2.24, 2.45) is 0 Å². The Morgan fingerprint density at radius 2 is 1.47 bits per heavy atom. The van der Waals surface area contributed by atoms with E-state index in [2.05, 4.69) is 27.7 Å². The number of likely N-dealkylation sites (tertiary alicyclic amines) is 1. The van der Waals surface area contributed by atoms with Crippen LogP contribution < -0.4 is 10.6 Å². The zero-order valence-corrected chi connectivity index (χ0v) is 19.9. The van der Waals surface area contributed by atoms with Crippen molar-refractivity contribution in [3.8, 4) is 0 Å². The maximum absolute atomic E-state index is 13.2. The molecule has 0 radical (unpaired) electrons. The molecular weight excluding hydrogens is 446 g/mol. The van der Waals surface area contributed by atoms with E-state index in [1.165, 1.54) is 5.56 Å². The molecule has 3 aromatic rings. The molecule has 2 N–H and O–H groups in total. The Balaban J connectivity index is 1.34. The number of nitrogens with one attached hydrogen (secondary N) is 2. The van der Waals surface area contributed by atoms with Crippen LogP contribution in [0.2, 0.25) is 5.02 Å². The number of carbonyl (C=O) groups excluding carboxylic acids is 2. The summed E-state index contributed by atoms with van der Waals surface area (Å²) in [6, 6.07) is 26.2. The van der Waals surface area contributed by atoms with Crippen LogP contribution in [0.15, 0.2) is 84.9 Å². The number of amides is 2. The predicted molar refractivity (Wildman–Crippen MR) is 136 cm³/mol. The van der Waals surface area contributed by atoms with Crippen LogP contribution in [-0.2, 0) is 17.8 Å². The number of piperidine rings is 1. The maximum atomic E-state index is 13.2. The summed E-state index contributed by atoms with van der Waals surface area (Å²) in [7, 11) is 0. The van der Waals surface area contributed by atoms with Crippen molar-refractivity contribution in [2.75, 3.05) is 13.1 Å². The predicted octanol–water partition coefficient (Wildman–Crippen LogP) is 4.46. The third-order valence-corrected chi connectivity index (χ3v) is 6.45. The highest BCUT2D eigenvalue weighted by molar-refractivity contribution is 6.30.